The number of unbranched alkanes of at least 4 members (excludes halogenated alkanes) is 1. The van der Waals surface area contributed by atoms with Crippen LogP contribution in [0.5, 0.6) is 5.75 Å². The Balaban J connectivity index is 2.48. The van der Waals surface area contributed by atoms with Crippen molar-refractivity contribution >= 4 is 12.4 Å². The van der Waals surface area contributed by atoms with E-state index in [0.29, 0.717) is 12.4 Å². The van der Waals surface area contributed by atoms with Gasteiger partial charge in [0.1, 0.15) is 5.75 Å². The van der Waals surface area contributed by atoms with E-state index in [0.717, 1.165) is 25.0 Å². The molecule has 5 heteroatoms. The van der Waals surface area contributed by atoms with Crippen molar-refractivity contribution in [2.45, 2.75) is 12.8 Å². The van der Waals surface area contributed by atoms with Crippen LogP contribution in [0.25, 0.3) is 0 Å². The third kappa shape index (κ3) is 4.00. The van der Waals surface area contributed by atoms with Crippen LogP contribution in [0, 0.1) is 0 Å². The van der Waals surface area contributed by atoms with E-state index >= 15 is 0 Å². The second-order valence-electron chi connectivity index (χ2n) is 3.42. The van der Waals surface area contributed by atoms with E-state index in [4.69, 9.17) is 4.74 Å². The summed E-state index contributed by atoms with van der Waals surface area (Å²) in [5, 5.41) is 0. The molecule has 1 aromatic rings. The summed E-state index contributed by atoms with van der Waals surface area (Å²) < 4.78 is 42.1. The maximum absolute atomic E-state index is 12.3. The molecule has 0 aliphatic heterocycles. The average Bonchev–Trinajstić information content (AvgIpc) is 2.24. The summed E-state index contributed by atoms with van der Waals surface area (Å²) >= 11 is 0. The average molecular weight is 229 g/mol. The Hall–Kier alpha value is -1.39. The summed E-state index contributed by atoms with van der Waals surface area (Å²) in [5.74, 6) is 0.466. The molecule has 0 heterocycles. The van der Waals surface area contributed by atoms with E-state index in [-0.39, 0.29) is 0 Å². The molecular formula is C11H13BF3O-. The summed E-state index contributed by atoms with van der Waals surface area (Å²) in [5.41, 5.74) is -0.599. The molecule has 0 bridgehead atoms. The van der Waals surface area contributed by atoms with Crippen molar-refractivity contribution in [1.29, 1.82) is 0 Å². The van der Waals surface area contributed by atoms with E-state index < -0.39 is 12.4 Å². The maximum atomic E-state index is 12.3. The van der Waals surface area contributed by atoms with E-state index in [1.54, 1.807) is 6.08 Å². The van der Waals surface area contributed by atoms with Crippen LogP contribution in [0.1, 0.15) is 12.8 Å². The molecule has 0 atom stereocenters. The van der Waals surface area contributed by atoms with Crippen molar-refractivity contribution in [1.82, 2.24) is 0 Å². The lowest BCUT2D eigenvalue weighted by atomic mass is 9.80. The first kappa shape index (κ1) is 12.7. The first-order chi connectivity index (χ1) is 7.54. The molecule has 1 aromatic carbocycles. The number of ether oxygens (including phenoxy) is 1. The van der Waals surface area contributed by atoms with Crippen LogP contribution in [-0.4, -0.2) is 13.6 Å². The Morgan fingerprint density at radius 1 is 1.19 bits per heavy atom. The van der Waals surface area contributed by atoms with Gasteiger partial charge in [-0.1, -0.05) is 18.2 Å². The number of benzene rings is 1. The molecule has 0 amide bonds. The van der Waals surface area contributed by atoms with Crippen LogP contribution in [0.3, 0.4) is 0 Å². The maximum Gasteiger partial charge on any atom is 0.509 e. The molecule has 0 unspecified atom stereocenters. The summed E-state index contributed by atoms with van der Waals surface area (Å²) in [7, 11) is 0. The van der Waals surface area contributed by atoms with E-state index in [1.165, 1.54) is 12.1 Å². The van der Waals surface area contributed by atoms with Gasteiger partial charge in [0.15, 0.2) is 0 Å². The van der Waals surface area contributed by atoms with Gasteiger partial charge >= 0.3 is 6.98 Å². The molecule has 1 nitrogen and oxygen atoms in total. The third-order valence-corrected chi connectivity index (χ3v) is 2.08. The van der Waals surface area contributed by atoms with Crippen LogP contribution in [-0.2, 0) is 0 Å². The summed E-state index contributed by atoms with van der Waals surface area (Å²) in [6.07, 6.45) is 3.43. The Labute approximate surface area is 93.0 Å². The standard InChI is InChI=1S/C11H13BF3O/c1-2-3-4-9-16-11-7-5-10(6-8-11)12(13,14)15/h2,5-8H,1,3-4,9H2/q-1. The topological polar surface area (TPSA) is 9.23 Å². The van der Waals surface area contributed by atoms with Crippen molar-refractivity contribution in [3.05, 3.63) is 36.9 Å². The van der Waals surface area contributed by atoms with Crippen molar-refractivity contribution in [3.63, 3.8) is 0 Å². The van der Waals surface area contributed by atoms with Gasteiger partial charge in [-0.15, -0.1) is 12.0 Å². The highest BCUT2D eigenvalue weighted by Crippen LogP contribution is 2.13. The van der Waals surface area contributed by atoms with Crippen molar-refractivity contribution in [2.24, 2.45) is 0 Å². The van der Waals surface area contributed by atoms with Crippen LogP contribution in [0.15, 0.2) is 36.9 Å². The van der Waals surface area contributed by atoms with Crippen molar-refractivity contribution in [3.8, 4) is 5.75 Å². The molecule has 88 valence electrons. The lowest BCUT2D eigenvalue weighted by Crippen LogP contribution is -2.33. The second kappa shape index (κ2) is 5.63. The summed E-state index contributed by atoms with van der Waals surface area (Å²) in [6, 6.07) is 4.78. The zero-order valence-electron chi connectivity index (χ0n) is 8.83. The van der Waals surface area contributed by atoms with E-state index in [1.807, 2.05) is 0 Å². The highest BCUT2D eigenvalue weighted by atomic mass is 19.4. The summed E-state index contributed by atoms with van der Waals surface area (Å²) in [6.45, 7) is -0.857. The molecule has 0 aliphatic rings. The number of halogens is 3. The monoisotopic (exact) mass is 229 g/mol. The first-order valence-electron chi connectivity index (χ1n) is 5.07. The molecule has 0 aliphatic carbocycles. The van der Waals surface area contributed by atoms with Gasteiger partial charge in [0.25, 0.3) is 0 Å². The largest absolute Gasteiger partial charge is 0.509 e. The van der Waals surface area contributed by atoms with Gasteiger partial charge < -0.3 is 17.7 Å². The molecule has 0 N–H and O–H groups in total. The molecular weight excluding hydrogens is 216 g/mol. The van der Waals surface area contributed by atoms with Gasteiger partial charge in [0.2, 0.25) is 0 Å². The van der Waals surface area contributed by atoms with Gasteiger partial charge in [0.05, 0.1) is 6.61 Å². The van der Waals surface area contributed by atoms with Crippen LogP contribution < -0.4 is 10.2 Å². The number of hydrogen-bond donors (Lipinski definition) is 0. The van der Waals surface area contributed by atoms with Crippen LogP contribution in [0.2, 0.25) is 0 Å². The number of hydrogen-bond acceptors (Lipinski definition) is 1. The fourth-order valence-electron chi connectivity index (χ4n) is 1.20. The van der Waals surface area contributed by atoms with Gasteiger partial charge in [-0.05, 0) is 25.0 Å². The minimum Gasteiger partial charge on any atom is -0.494 e. The van der Waals surface area contributed by atoms with E-state index in [9.17, 15) is 12.9 Å². The zero-order valence-corrected chi connectivity index (χ0v) is 8.83. The molecule has 0 saturated carbocycles. The third-order valence-electron chi connectivity index (χ3n) is 2.08. The van der Waals surface area contributed by atoms with Gasteiger partial charge in [-0.3, -0.25) is 0 Å². The molecule has 16 heavy (non-hydrogen) atoms. The predicted molar refractivity (Wildman–Crippen MR) is 60.1 cm³/mol. The van der Waals surface area contributed by atoms with Crippen molar-refractivity contribution in [2.75, 3.05) is 6.61 Å². The number of allylic oxidation sites excluding steroid dienone is 1. The normalized spacial score (nSPS) is 11.2. The quantitative estimate of drug-likeness (QED) is 0.413. The Kier molecular flexibility index (Phi) is 4.46. The summed E-state index contributed by atoms with van der Waals surface area (Å²) in [4.78, 5) is 0. The minimum absolute atomic E-state index is 0.466. The van der Waals surface area contributed by atoms with E-state index in [2.05, 4.69) is 6.58 Å². The number of rotatable bonds is 6. The fraction of sp³-hybridized carbons (Fsp3) is 0.273. The Bertz CT molecular complexity index is 332. The molecule has 0 saturated heterocycles. The second-order valence-corrected chi connectivity index (χ2v) is 3.42. The van der Waals surface area contributed by atoms with Crippen LogP contribution in [0.4, 0.5) is 12.9 Å². The highest BCUT2D eigenvalue weighted by molar-refractivity contribution is 6.73. The van der Waals surface area contributed by atoms with Gasteiger partial charge in [-0.2, -0.15) is 0 Å². The minimum atomic E-state index is -4.91. The van der Waals surface area contributed by atoms with Gasteiger partial charge in [0, 0.05) is 0 Å². The fourth-order valence-corrected chi connectivity index (χ4v) is 1.20. The molecule has 0 aromatic heterocycles. The SMILES string of the molecule is C=CCCCOc1ccc([B-](F)(F)F)cc1. The lowest BCUT2D eigenvalue weighted by molar-refractivity contribution is 0.312. The zero-order chi connectivity index (χ0) is 12.0. The first-order valence-corrected chi connectivity index (χ1v) is 5.07. The Morgan fingerprint density at radius 2 is 1.81 bits per heavy atom. The van der Waals surface area contributed by atoms with Crippen LogP contribution >= 0.6 is 0 Å². The highest BCUT2D eigenvalue weighted by Gasteiger charge is 2.24. The molecule has 0 fully saturated rings. The Morgan fingerprint density at radius 3 is 2.31 bits per heavy atom. The van der Waals surface area contributed by atoms with Gasteiger partial charge in [-0.25, -0.2) is 0 Å². The predicted octanol–water partition coefficient (Wildman–Crippen LogP) is 3.09. The smallest absolute Gasteiger partial charge is 0.494 e. The molecule has 1 rings (SSSR count). The lowest BCUT2D eigenvalue weighted by Gasteiger charge is -2.15. The van der Waals surface area contributed by atoms with Crippen molar-refractivity contribution < 1.29 is 17.7 Å². The molecule has 0 spiro atoms. The molecule has 0 radical (unpaired) electrons.